The zero-order valence-corrected chi connectivity index (χ0v) is 19.1. The Labute approximate surface area is 174 Å². The van der Waals surface area contributed by atoms with E-state index in [1.54, 1.807) is 0 Å². The van der Waals surface area contributed by atoms with Crippen LogP contribution < -0.4 is 5.32 Å². The molecule has 2 aliphatic rings. The quantitative estimate of drug-likeness (QED) is 0.597. The maximum Gasteiger partial charge on any atom is 0.208 e. The Morgan fingerprint density at radius 1 is 1.29 bits per heavy atom. The minimum Gasteiger partial charge on any atom is -0.444 e. The molecule has 6 nitrogen and oxygen atoms in total. The third kappa shape index (κ3) is 5.89. The average Bonchev–Trinajstić information content (AvgIpc) is 2.96. The van der Waals surface area contributed by atoms with Gasteiger partial charge in [0.25, 0.3) is 0 Å². The molecule has 158 valence electrons. The molecule has 3 heterocycles. The van der Waals surface area contributed by atoms with Gasteiger partial charge in [-0.1, -0.05) is 0 Å². The van der Waals surface area contributed by atoms with Gasteiger partial charge in [-0.3, -0.25) is 9.89 Å². The molecule has 0 unspecified atom stereocenters. The van der Waals surface area contributed by atoms with Gasteiger partial charge in [0, 0.05) is 36.7 Å². The molecule has 1 aromatic heterocycles. The number of nitrogens with zero attached hydrogens (tertiary/aromatic N) is 4. The lowest BCUT2D eigenvalue weighted by Crippen LogP contribution is -2.51. The first kappa shape index (κ1) is 21.5. The number of nitrogens with one attached hydrogen (secondary N) is 1. The number of likely N-dealkylation sites (tertiary alicyclic amines) is 1. The number of aryl methyl sites for hydroxylation is 2. The van der Waals surface area contributed by atoms with Crippen molar-refractivity contribution in [3.63, 3.8) is 0 Å². The van der Waals surface area contributed by atoms with Gasteiger partial charge in [-0.05, 0) is 66.5 Å². The molecule has 3 rings (SSSR count). The molecule has 0 atom stereocenters. The van der Waals surface area contributed by atoms with Crippen LogP contribution in [0.4, 0.5) is 0 Å². The van der Waals surface area contributed by atoms with Crippen LogP contribution in [-0.2, 0) is 6.54 Å². The lowest BCUT2D eigenvalue weighted by atomic mass is 9.97. The topological polar surface area (TPSA) is 56.9 Å². The van der Waals surface area contributed by atoms with Crippen LogP contribution in [0.3, 0.4) is 0 Å². The monoisotopic (exact) mass is 407 g/mol. The first-order valence-electron chi connectivity index (χ1n) is 10.7. The largest absolute Gasteiger partial charge is 0.444 e. The highest BCUT2D eigenvalue weighted by Crippen LogP contribution is 2.29. The van der Waals surface area contributed by atoms with E-state index in [1.165, 1.54) is 18.6 Å². The van der Waals surface area contributed by atoms with E-state index in [4.69, 9.17) is 9.41 Å². The van der Waals surface area contributed by atoms with Gasteiger partial charge >= 0.3 is 0 Å². The van der Waals surface area contributed by atoms with E-state index in [0.29, 0.717) is 10.7 Å². The molecular weight excluding hydrogens is 370 g/mol. The van der Waals surface area contributed by atoms with Gasteiger partial charge in [0.1, 0.15) is 5.76 Å². The van der Waals surface area contributed by atoms with Crippen LogP contribution in [0.5, 0.6) is 0 Å². The molecular formula is C21H37N5OS. The number of rotatable bonds is 5. The van der Waals surface area contributed by atoms with E-state index in [9.17, 15) is 0 Å². The van der Waals surface area contributed by atoms with Crippen LogP contribution in [0.15, 0.2) is 9.41 Å². The van der Waals surface area contributed by atoms with Crippen molar-refractivity contribution in [1.29, 1.82) is 0 Å². The fraction of sp³-hybridized carbons (Fsp3) is 0.810. The van der Waals surface area contributed by atoms with Crippen molar-refractivity contribution in [2.45, 2.75) is 58.8 Å². The van der Waals surface area contributed by atoms with E-state index in [1.807, 2.05) is 13.8 Å². The zero-order valence-electron chi connectivity index (χ0n) is 18.3. The highest BCUT2D eigenvalue weighted by molar-refractivity contribution is 8.00. The summed E-state index contributed by atoms with van der Waals surface area (Å²) in [7, 11) is 0. The molecule has 2 saturated heterocycles. The minimum absolute atomic E-state index is 0.302. The number of aliphatic imine (C=N–C) groups is 1. The first-order chi connectivity index (χ1) is 13.4. The van der Waals surface area contributed by atoms with E-state index in [2.05, 4.69) is 52.6 Å². The predicted octanol–water partition coefficient (Wildman–Crippen LogP) is 3.30. The molecule has 1 aromatic rings. The fourth-order valence-corrected chi connectivity index (χ4v) is 5.08. The number of hydrogen-bond acceptors (Lipinski definition) is 5. The van der Waals surface area contributed by atoms with Gasteiger partial charge in [0.05, 0.1) is 12.2 Å². The van der Waals surface area contributed by atoms with E-state index < -0.39 is 0 Å². The van der Waals surface area contributed by atoms with E-state index >= 15 is 0 Å². The summed E-state index contributed by atoms with van der Waals surface area (Å²) in [4.78, 5) is 14.4. The van der Waals surface area contributed by atoms with Crippen LogP contribution in [0.25, 0.3) is 0 Å². The summed E-state index contributed by atoms with van der Waals surface area (Å²) in [6.07, 6.45) is 2.39. The molecule has 1 N–H and O–H groups in total. The molecule has 0 saturated carbocycles. The van der Waals surface area contributed by atoms with Gasteiger partial charge in [-0.25, -0.2) is 4.98 Å². The van der Waals surface area contributed by atoms with Crippen LogP contribution in [0.2, 0.25) is 0 Å². The molecule has 0 bridgehead atoms. The molecule has 2 fully saturated rings. The van der Waals surface area contributed by atoms with Gasteiger partial charge in [-0.2, -0.15) is 11.8 Å². The van der Waals surface area contributed by atoms with Crippen molar-refractivity contribution in [2.75, 3.05) is 45.0 Å². The molecule has 2 aliphatic heterocycles. The van der Waals surface area contributed by atoms with Gasteiger partial charge in [0.15, 0.2) is 5.96 Å². The Morgan fingerprint density at radius 3 is 2.64 bits per heavy atom. The summed E-state index contributed by atoms with van der Waals surface area (Å²) >= 11 is 2.07. The van der Waals surface area contributed by atoms with Gasteiger partial charge < -0.3 is 14.6 Å². The number of hydrogen-bond donors (Lipinski definition) is 1. The smallest absolute Gasteiger partial charge is 0.208 e. The van der Waals surface area contributed by atoms with Crippen LogP contribution >= 0.6 is 11.8 Å². The normalized spacial score (nSPS) is 21.9. The molecule has 0 spiro atoms. The predicted molar refractivity (Wildman–Crippen MR) is 118 cm³/mol. The third-order valence-corrected chi connectivity index (χ3v) is 7.00. The van der Waals surface area contributed by atoms with Crippen molar-refractivity contribution in [1.82, 2.24) is 20.1 Å². The zero-order chi connectivity index (χ0) is 20.1. The fourth-order valence-electron chi connectivity index (χ4n) is 3.96. The second-order valence-corrected chi connectivity index (χ2v) is 10.5. The average molecular weight is 408 g/mol. The number of oxazole rings is 1. The number of aromatic nitrogens is 1. The maximum absolute atomic E-state index is 5.74. The van der Waals surface area contributed by atoms with Crippen LogP contribution in [0.1, 0.15) is 51.0 Å². The maximum atomic E-state index is 5.74. The number of piperidine rings is 1. The Morgan fingerprint density at radius 2 is 2.04 bits per heavy atom. The van der Waals surface area contributed by atoms with Gasteiger partial charge in [0.2, 0.25) is 5.89 Å². The third-order valence-electron chi connectivity index (χ3n) is 5.70. The highest BCUT2D eigenvalue weighted by atomic mass is 32.2. The molecule has 7 heteroatoms. The van der Waals surface area contributed by atoms with Crippen molar-refractivity contribution < 1.29 is 4.42 Å². The second kappa shape index (κ2) is 9.53. The Balaban J connectivity index is 1.49. The first-order valence-corrected chi connectivity index (χ1v) is 11.7. The summed E-state index contributed by atoms with van der Waals surface area (Å²) in [6.45, 7) is 17.9. The SMILES string of the molecule is CCNC(=NCC1CCN(Cc2nc(C)c(C)o2)CC1)N1CCSC(C)(C)C1. The van der Waals surface area contributed by atoms with Crippen molar-refractivity contribution in [2.24, 2.45) is 10.9 Å². The standard InChI is InChI=1S/C21H37N5OS/c1-6-22-20(26-11-12-28-21(4,5)15-26)23-13-18-7-9-25(10-8-18)14-19-24-16(2)17(3)27-19/h18H,6-15H2,1-5H3,(H,22,23). The second-order valence-electron chi connectivity index (χ2n) is 8.69. The summed E-state index contributed by atoms with van der Waals surface area (Å²) in [5.74, 6) is 4.74. The van der Waals surface area contributed by atoms with Crippen LogP contribution in [-0.4, -0.2) is 70.5 Å². The molecule has 0 aromatic carbocycles. The Bertz CT molecular complexity index is 644. The Kier molecular flexibility index (Phi) is 7.31. The Hall–Kier alpha value is -1.21. The van der Waals surface area contributed by atoms with Crippen molar-refractivity contribution in [3.05, 3.63) is 17.3 Å². The highest BCUT2D eigenvalue weighted by Gasteiger charge is 2.29. The summed E-state index contributed by atoms with van der Waals surface area (Å²) in [5.41, 5.74) is 1.01. The molecule has 0 amide bonds. The molecule has 0 radical (unpaired) electrons. The van der Waals surface area contributed by atoms with Crippen molar-refractivity contribution >= 4 is 17.7 Å². The summed E-state index contributed by atoms with van der Waals surface area (Å²) < 4.78 is 6.05. The van der Waals surface area contributed by atoms with E-state index in [0.717, 1.165) is 69.1 Å². The minimum atomic E-state index is 0.302. The van der Waals surface area contributed by atoms with Gasteiger partial charge in [-0.15, -0.1) is 0 Å². The van der Waals surface area contributed by atoms with Crippen LogP contribution in [0, 0.1) is 19.8 Å². The molecule has 28 heavy (non-hydrogen) atoms. The molecule has 0 aliphatic carbocycles. The number of guanidine groups is 1. The lowest BCUT2D eigenvalue weighted by Gasteiger charge is -2.39. The summed E-state index contributed by atoms with van der Waals surface area (Å²) in [5, 5.41) is 3.51. The lowest BCUT2D eigenvalue weighted by molar-refractivity contribution is 0.166. The van der Waals surface area contributed by atoms with E-state index in [-0.39, 0.29) is 0 Å². The summed E-state index contributed by atoms with van der Waals surface area (Å²) in [6, 6.07) is 0. The number of thioether (sulfide) groups is 1. The van der Waals surface area contributed by atoms with Crippen molar-refractivity contribution in [3.8, 4) is 0 Å².